The van der Waals surface area contributed by atoms with Crippen LogP contribution in [0.3, 0.4) is 0 Å². The molecule has 0 aromatic heterocycles. The van der Waals surface area contributed by atoms with Crippen LogP contribution in [0.25, 0.3) is 0 Å². The van der Waals surface area contributed by atoms with E-state index < -0.39 is 18.0 Å². The van der Waals surface area contributed by atoms with Crippen molar-refractivity contribution in [3.63, 3.8) is 0 Å². The summed E-state index contributed by atoms with van der Waals surface area (Å²) in [6.07, 6.45) is 1.68. The van der Waals surface area contributed by atoms with Crippen LogP contribution in [-0.4, -0.2) is 29.2 Å². The van der Waals surface area contributed by atoms with Gasteiger partial charge in [0.05, 0.1) is 0 Å². The van der Waals surface area contributed by atoms with Crippen LogP contribution in [0.4, 0.5) is 0 Å². The minimum atomic E-state index is -0.718. The molecule has 1 aliphatic heterocycles. The molecule has 3 heteroatoms. The van der Waals surface area contributed by atoms with Gasteiger partial charge >= 0.3 is 0 Å². The molecule has 0 aromatic rings. The fourth-order valence-electron chi connectivity index (χ4n) is 1.40. The zero-order valence-corrected chi connectivity index (χ0v) is 8.06. The quantitative estimate of drug-likeness (QED) is 0.671. The summed E-state index contributed by atoms with van der Waals surface area (Å²) in [5.74, 6) is -0.659. The first kappa shape index (κ1) is 10.4. The van der Waals surface area contributed by atoms with Crippen molar-refractivity contribution < 1.29 is 14.6 Å². The summed E-state index contributed by atoms with van der Waals surface area (Å²) in [6.45, 7) is 10.7. The van der Waals surface area contributed by atoms with E-state index in [1.54, 1.807) is 19.9 Å². The Bertz CT molecular complexity index is 210. The van der Waals surface area contributed by atoms with Gasteiger partial charge in [0.2, 0.25) is 0 Å². The number of aliphatic hydroxyl groups is 1. The normalized spacial score (nSPS) is 34.1. The zero-order valence-electron chi connectivity index (χ0n) is 8.06. The summed E-state index contributed by atoms with van der Waals surface area (Å²) in [6, 6.07) is 0. The topological polar surface area (TPSA) is 38.7 Å². The predicted octanol–water partition coefficient (Wildman–Crippen LogP) is 1.24. The molecular formula is C10H16O3. The Labute approximate surface area is 78.7 Å². The van der Waals surface area contributed by atoms with Crippen LogP contribution in [0.15, 0.2) is 25.3 Å². The maximum Gasteiger partial charge on any atom is 0.164 e. The molecular weight excluding hydrogens is 168 g/mol. The highest BCUT2D eigenvalue weighted by molar-refractivity contribution is 5.00. The highest BCUT2D eigenvalue weighted by atomic mass is 16.8. The van der Waals surface area contributed by atoms with E-state index in [0.717, 1.165) is 0 Å². The third-order valence-corrected chi connectivity index (χ3v) is 1.97. The molecule has 0 aromatic carbocycles. The van der Waals surface area contributed by atoms with Crippen LogP contribution in [0, 0.1) is 0 Å². The summed E-state index contributed by atoms with van der Waals surface area (Å²) in [5, 5.41) is 9.52. The van der Waals surface area contributed by atoms with Crippen molar-refractivity contribution >= 4 is 0 Å². The summed E-state index contributed by atoms with van der Waals surface area (Å²) in [4.78, 5) is 0. The number of aliphatic hydroxyl groups excluding tert-OH is 1. The second-order valence-electron chi connectivity index (χ2n) is 3.53. The molecule has 0 bridgehead atoms. The molecule has 1 fully saturated rings. The van der Waals surface area contributed by atoms with Gasteiger partial charge in [0.15, 0.2) is 5.79 Å². The Balaban J connectivity index is 2.74. The third-order valence-electron chi connectivity index (χ3n) is 1.97. The van der Waals surface area contributed by atoms with E-state index in [2.05, 4.69) is 13.2 Å². The SMILES string of the molecule is C=C[C@H](O)[C@@H]1OC(C)(C)O[C@@H]1C=C. The van der Waals surface area contributed by atoms with Gasteiger partial charge in [-0.05, 0) is 13.8 Å². The van der Waals surface area contributed by atoms with E-state index in [9.17, 15) is 5.11 Å². The number of ether oxygens (including phenoxy) is 2. The molecule has 1 aliphatic rings. The first-order valence-electron chi connectivity index (χ1n) is 4.29. The summed E-state index contributed by atoms with van der Waals surface area (Å²) in [7, 11) is 0. The van der Waals surface area contributed by atoms with E-state index in [-0.39, 0.29) is 6.10 Å². The van der Waals surface area contributed by atoms with E-state index in [4.69, 9.17) is 9.47 Å². The highest BCUT2D eigenvalue weighted by Crippen LogP contribution is 2.30. The van der Waals surface area contributed by atoms with Gasteiger partial charge in [-0.1, -0.05) is 12.2 Å². The van der Waals surface area contributed by atoms with Gasteiger partial charge in [-0.25, -0.2) is 0 Å². The molecule has 0 unspecified atom stereocenters. The molecule has 1 saturated heterocycles. The molecule has 0 aliphatic carbocycles. The number of hydrogen-bond donors (Lipinski definition) is 1. The lowest BCUT2D eigenvalue weighted by Gasteiger charge is -2.18. The van der Waals surface area contributed by atoms with Crippen molar-refractivity contribution in [3.05, 3.63) is 25.3 Å². The van der Waals surface area contributed by atoms with E-state index in [1.165, 1.54) is 6.08 Å². The van der Waals surface area contributed by atoms with Gasteiger partial charge in [0, 0.05) is 0 Å². The standard InChI is InChI=1S/C10H16O3/c1-5-7(11)9-8(6-2)12-10(3,4)13-9/h5-9,11H,1-2H2,3-4H3/t7-,8+,9-/m0/s1. The molecule has 3 nitrogen and oxygen atoms in total. The maximum absolute atomic E-state index is 9.52. The smallest absolute Gasteiger partial charge is 0.164 e. The molecule has 13 heavy (non-hydrogen) atoms. The fourth-order valence-corrected chi connectivity index (χ4v) is 1.40. The molecule has 1 heterocycles. The molecule has 0 spiro atoms. The van der Waals surface area contributed by atoms with Crippen LogP contribution in [0.2, 0.25) is 0 Å². The van der Waals surface area contributed by atoms with E-state index in [0.29, 0.717) is 0 Å². The third kappa shape index (κ3) is 2.18. The van der Waals surface area contributed by atoms with Crippen LogP contribution in [0.5, 0.6) is 0 Å². The molecule has 0 amide bonds. The lowest BCUT2D eigenvalue weighted by Crippen LogP contribution is -2.32. The van der Waals surface area contributed by atoms with Crippen molar-refractivity contribution in [2.24, 2.45) is 0 Å². The second-order valence-corrected chi connectivity index (χ2v) is 3.53. The Morgan fingerprint density at radius 3 is 2.46 bits per heavy atom. The minimum absolute atomic E-state index is 0.275. The fraction of sp³-hybridized carbons (Fsp3) is 0.600. The van der Waals surface area contributed by atoms with Gasteiger partial charge < -0.3 is 14.6 Å². The molecule has 0 saturated carbocycles. The minimum Gasteiger partial charge on any atom is -0.386 e. The van der Waals surface area contributed by atoms with Crippen molar-refractivity contribution in [2.45, 2.75) is 37.9 Å². The Kier molecular flexibility index (Phi) is 2.91. The average molecular weight is 184 g/mol. The number of rotatable bonds is 3. The summed E-state index contributed by atoms with van der Waals surface area (Å²) in [5.41, 5.74) is 0. The van der Waals surface area contributed by atoms with Crippen molar-refractivity contribution in [1.29, 1.82) is 0 Å². The number of hydrogen-bond acceptors (Lipinski definition) is 3. The molecule has 1 N–H and O–H groups in total. The largest absolute Gasteiger partial charge is 0.386 e. The zero-order chi connectivity index (χ0) is 10.1. The van der Waals surface area contributed by atoms with Gasteiger partial charge in [0.1, 0.15) is 18.3 Å². The van der Waals surface area contributed by atoms with Gasteiger partial charge in [-0.2, -0.15) is 0 Å². The van der Waals surface area contributed by atoms with Crippen LogP contribution in [-0.2, 0) is 9.47 Å². The van der Waals surface area contributed by atoms with Gasteiger partial charge in [-0.3, -0.25) is 0 Å². The van der Waals surface area contributed by atoms with Crippen molar-refractivity contribution in [2.75, 3.05) is 0 Å². The molecule has 74 valence electrons. The Morgan fingerprint density at radius 2 is 2.00 bits per heavy atom. The first-order valence-corrected chi connectivity index (χ1v) is 4.29. The van der Waals surface area contributed by atoms with Crippen LogP contribution in [0.1, 0.15) is 13.8 Å². The maximum atomic E-state index is 9.52. The van der Waals surface area contributed by atoms with Crippen LogP contribution < -0.4 is 0 Å². The Morgan fingerprint density at radius 1 is 1.38 bits per heavy atom. The van der Waals surface area contributed by atoms with Crippen molar-refractivity contribution in [3.8, 4) is 0 Å². The van der Waals surface area contributed by atoms with Gasteiger partial charge in [0.25, 0.3) is 0 Å². The van der Waals surface area contributed by atoms with E-state index >= 15 is 0 Å². The average Bonchev–Trinajstić information content (AvgIpc) is 2.39. The van der Waals surface area contributed by atoms with Gasteiger partial charge in [-0.15, -0.1) is 13.2 Å². The molecule has 1 rings (SSSR count). The predicted molar refractivity (Wildman–Crippen MR) is 50.2 cm³/mol. The lowest BCUT2D eigenvalue weighted by molar-refractivity contribution is -0.150. The molecule has 3 atom stereocenters. The highest BCUT2D eigenvalue weighted by Gasteiger charge is 2.42. The first-order chi connectivity index (χ1) is 6.00. The summed E-state index contributed by atoms with van der Waals surface area (Å²) < 4.78 is 11.0. The molecule has 0 radical (unpaired) electrons. The van der Waals surface area contributed by atoms with Crippen molar-refractivity contribution in [1.82, 2.24) is 0 Å². The lowest BCUT2D eigenvalue weighted by atomic mass is 10.1. The van der Waals surface area contributed by atoms with E-state index in [1.807, 2.05) is 0 Å². The van der Waals surface area contributed by atoms with Crippen LogP contribution >= 0.6 is 0 Å². The Hall–Kier alpha value is -0.640. The monoisotopic (exact) mass is 184 g/mol. The second kappa shape index (κ2) is 3.62. The summed E-state index contributed by atoms with van der Waals surface area (Å²) >= 11 is 0.